The minimum atomic E-state index is 0.665. The van der Waals surface area contributed by atoms with Gasteiger partial charge in [0.15, 0.2) is 17.5 Å². The SMILES string of the molecule is c1ccc(-c2ccc3cc(-c4nc(-c5ccccc5)nc(-c5ccc6sc7ccccc7c6c5)n4)ccc3c2)cc1. The molecule has 6 aromatic carbocycles. The molecule has 0 fully saturated rings. The van der Waals surface area contributed by atoms with Gasteiger partial charge in [-0.25, -0.2) is 15.0 Å². The monoisotopic (exact) mass is 541 g/mol. The molecule has 0 amide bonds. The number of nitrogens with zero attached hydrogens (tertiary/aromatic N) is 3. The summed E-state index contributed by atoms with van der Waals surface area (Å²) >= 11 is 1.81. The molecule has 192 valence electrons. The number of rotatable bonds is 4. The first kappa shape index (κ1) is 23.7. The predicted octanol–water partition coefficient (Wildman–Crippen LogP) is 10.1. The Morgan fingerprint density at radius 2 is 0.854 bits per heavy atom. The van der Waals surface area contributed by atoms with Gasteiger partial charge in [0.2, 0.25) is 0 Å². The Balaban J connectivity index is 1.27. The molecule has 41 heavy (non-hydrogen) atoms. The van der Waals surface area contributed by atoms with Gasteiger partial charge in [-0.3, -0.25) is 0 Å². The summed E-state index contributed by atoms with van der Waals surface area (Å²) in [4.78, 5) is 14.9. The van der Waals surface area contributed by atoms with E-state index in [1.165, 1.54) is 36.7 Å². The van der Waals surface area contributed by atoms with Gasteiger partial charge in [-0.15, -0.1) is 11.3 Å². The van der Waals surface area contributed by atoms with Crippen LogP contribution < -0.4 is 0 Å². The lowest BCUT2D eigenvalue weighted by Gasteiger charge is -2.10. The molecule has 2 heterocycles. The number of thiophene rings is 1. The van der Waals surface area contributed by atoms with Crippen molar-refractivity contribution in [3.05, 3.63) is 140 Å². The zero-order valence-corrected chi connectivity index (χ0v) is 22.8. The summed E-state index contributed by atoms with van der Waals surface area (Å²) in [5.74, 6) is 2.00. The Morgan fingerprint density at radius 3 is 1.59 bits per heavy atom. The van der Waals surface area contributed by atoms with Crippen LogP contribution in [-0.2, 0) is 0 Å². The van der Waals surface area contributed by atoms with Gasteiger partial charge in [0.1, 0.15) is 0 Å². The summed E-state index contributed by atoms with van der Waals surface area (Å²) in [7, 11) is 0. The number of hydrogen-bond donors (Lipinski definition) is 0. The number of fused-ring (bicyclic) bond motifs is 4. The Labute approximate surface area is 241 Å². The summed E-state index contributed by atoms with van der Waals surface area (Å²) in [5.41, 5.74) is 5.33. The Kier molecular flexibility index (Phi) is 5.64. The normalized spacial score (nSPS) is 11.4. The largest absolute Gasteiger partial charge is 0.208 e. The van der Waals surface area contributed by atoms with E-state index in [0.29, 0.717) is 17.5 Å². The molecule has 0 aliphatic rings. The van der Waals surface area contributed by atoms with Gasteiger partial charge in [-0.05, 0) is 58.3 Å². The first-order valence-electron chi connectivity index (χ1n) is 13.6. The van der Waals surface area contributed by atoms with Crippen LogP contribution in [0.5, 0.6) is 0 Å². The first-order chi connectivity index (χ1) is 20.3. The van der Waals surface area contributed by atoms with E-state index in [-0.39, 0.29) is 0 Å². The smallest absolute Gasteiger partial charge is 0.164 e. The van der Waals surface area contributed by atoms with Crippen LogP contribution in [0.3, 0.4) is 0 Å². The highest BCUT2D eigenvalue weighted by molar-refractivity contribution is 7.25. The summed E-state index contributed by atoms with van der Waals surface area (Å²) in [6, 6.07) is 48.7. The van der Waals surface area contributed by atoms with Crippen LogP contribution in [-0.4, -0.2) is 15.0 Å². The van der Waals surface area contributed by atoms with E-state index in [1.807, 2.05) is 47.7 Å². The molecule has 0 atom stereocenters. The lowest BCUT2D eigenvalue weighted by molar-refractivity contribution is 1.08. The van der Waals surface area contributed by atoms with Gasteiger partial charge in [-0.1, -0.05) is 103 Å². The van der Waals surface area contributed by atoms with Gasteiger partial charge >= 0.3 is 0 Å². The van der Waals surface area contributed by atoms with Gasteiger partial charge < -0.3 is 0 Å². The molecule has 0 radical (unpaired) electrons. The summed E-state index contributed by atoms with van der Waals surface area (Å²) in [6.07, 6.45) is 0. The molecular weight excluding hydrogens is 518 g/mol. The third-order valence-electron chi connectivity index (χ3n) is 7.51. The molecule has 4 heteroatoms. The molecule has 0 spiro atoms. The highest BCUT2D eigenvalue weighted by Crippen LogP contribution is 2.36. The van der Waals surface area contributed by atoms with Crippen molar-refractivity contribution in [1.82, 2.24) is 15.0 Å². The van der Waals surface area contributed by atoms with Crippen molar-refractivity contribution in [2.75, 3.05) is 0 Å². The molecule has 0 unspecified atom stereocenters. The topological polar surface area (TPSA) is 38.7 Å². The van der Waals surface area contributed by atoms with E-state index >= 15 is 0 Å². The van der Waals surface area contributed by atoms with Crippen molar-refractivity contribution in [3.63, 3.8) is 0 Å². The molecule has 0 saturated heterocycles. The van der Waals surface area contributed by atoms with Crippen molar-refractivity contribution in [2.24, 2.45) is 0 Å². The second-order valence-corrected chi connectivity index (χ2v) is 11.2. The zero-order valence-electron chi connectivity index (χ0n) is 22.0. The second-order valence-electron chi connectivity index (χ2n) is 10.1. The van der Waals surface area contributed by atoms with E-state index in [9.17, 15) is 0 Å². The molecule has 0 aliphatic carbocycles. The Morgan fingerprint density at radius 1 is 0.341 bits per heavy atom. The minimum Gasteiger partial charge on any atom is -0.208 e. The lowest BCUT2D eigenvalue weighted by atomic mass is 10.00. The fourth-order valence-electron chi connectivity index (χ4n) is 5.41. The van der Waals surface area contributed by atoms with Crippen LogP contribution in [0.4, 0.5) is 0 Å². The maximum atomic E-state index is 5.02. The zero-order chi connectivity index (χ0) is 27.2. The average Bonchev–Trinajstić information content (AvgIpc) is 3.43. The summed E-state index contributed by atoms with van der Waals surface area (Å²) in [5, 5.41) is 4.82. The van der Waals surface area contributed by atoms with Crippen LogP contribution >= 0.6 is 11.3 Å². The van der Waals surface area contributed by atoms with E-state index in [4.69, 9.17) is 15.0 Å². The van der Waals surface area contributed by atoms with E-state index < -0.39 is 0 Å². The fourth-order valence-corrected chi connectivity index (χ4v) is 6.50. The molecule has 8 aromatic rings. The summed E-state index contributed by atoms with van der Waals surface area (Å²) in [6.45, 7) is 0. The molecule has 2 aromatic heterocycles. The Hall–Kier alpha value is -5.19. The highest BCUT2D eigenvalue weighted by Gasteiger charge is 2.14. The first-order valence-corrected chi connectivity index (χ1v) is 14.4. The maximum Gasteiger partial charge on any atom is 0.164 e. The summed E-state index contributed by atoms with van der Waals surface area (Å²) < 4.78 is 2.55. The lowest BCUT2D eigenvalue weighted by Crippen LogP contribution is -2.00. The standard InChI is InChI=1S/C37H23N3S/c1-3-9-24(10-4-1)26-15-16-28-22-29(18-17-27(28)21-26)36-38-35(25-11-5-2-6-12-25)39-37(40-36)30-19-20-34-32(23-30)31-13-7-8-14-33(31)41-34/h1-23H. The van der Waals surface area contributed by atoms with Crippen LogP contribution in [0, 0.1) is 0 Å². The van der Waals surface area contributed by atoms with Crippen LogP contribution in [0.1, 0.15) is 0 Å². The third kappa shape index (κ3) is 4.35. The molecule has 0 saturated carbocycles. The minimum absolute atomic E-state index is 0.665. The molecule has 3 nitrogen and oxygen atoms in total. The van der Waals surface area contributed by atoms with Gasteiger partial charge in [-0.2, -0.15) is 0 Å². The Bertz CT molecular complexity index is 2200. The van der Waals surface area contributed by atoms with Gasteiger partial charge in [0.25, 0.3) is 0 Å². The quantitative estimate of drug-likeness (QED) is 0.222. The second kappa shape index (κ2) is 9.77. The fraction of sp³-hybridized carbons (Fsp3) is 0. The maximum absolute atomic E-state index is 5.02. The van der Waals surface area contributed by atoms with Crippen LogP contribution in [0.2, 0.25) is 0 Å². The van der Waals surface area contributed by atoms with Crippen molar-refractivity contribution in [1.29, 1.82) is 0 Å². The number of hydrogen-bond acceptors (Lipinski definition) is 4. The van der Waals surface area contributed by atoms with E-state index in [1.54, 1.807) is 0 Å². The predicted molar refractivity (Wildman–Crippen MR) is 172 cm³/mol. The van der Waals surface area contributed by atoms with E-state index in [0.717, 1.165) is 22.1 Å². The molecule has 0 N–H and O–H groups in total. The third-order valence-corrected chi connectivity index (χ3v) is 8.66. The molecule has 0 aliphatic heterocycles. The molecule has 0 bridgehead atoms. The number of aromatic nitrogens is 3. The average molecular weight is 542 g/mol. The van der Waals surface area contributed by atoms with Crippen molar-refractivity contribution < 1.29 is 0 Å². The van der Waals surface area contributed by atoms with Crippen molar-refractivity contribution in [3.8, 4) is 45.3 Å². The van der Waals surface area contributed by atoms with E-state index in [2.05, 4.69) is 103 Å². The van der Waals surface area contributed by atoms with Crippen LogP contribution in [0.25, 0.3) is 76.2 Å². The van der Waals surface area contributed by atoms with Crippen molar-refractivity contribution >= 4 is 42.3 Å². The molecular formula is C37H23N3S. The highest BCUT2D eigenvalue weighted by atomic mass is 32.1. The molecule has 8 rings (SSSR count). The van der Waals surface area contributed by atoms with Crippen LogP contribution in [0.15, 0.2) is 140 Å². The van der Waals surface area contributed by atoms with Gasteiger partial charge in [0, 0.05) is 36.9 Å². The number of benzene rings is 6. The van der Waals surface area contributed by atoms with Crippen molar-refractivity contribution in [2.45, 2.75) is 0 Å². The van der Waals surface area contributed by atoms with Gasteiger partial charge in [0.05, 0.1) is 0 Å².